The zero-order valence-corrected chi connectivity index (χ0v) is 21.1. The van der Waals surface area contributed by atoms with E-state index in [1.807, 2.05) is 30.0 Å². The number of nitrogens with zero attached hydrogens (tertiary/aromatic N) is 6. The van der Waals surface area contributed by atoms with E-state index in [2.05, 4.69) is 42.1 Å². The lowest BCUT2D eigenvalue weighted by Gasteiger charge is -2.39. The summed E-state index contributed by atoms with van der Waals surface area (Å²) >= 11 is 0. The van der Waals surface area contributed by atoms with E-state index in [4.69, 9.17) is 9.40 Å². The molecule has 0 aliphatic carbocycles. The molecule has 1 aromatic heterocycles. The lowest BCUT2D eigenvalue weighted by molar-refractivity contribution is -0.131. The van der Waals surface area contributed by atoms with Crippen LogP contribution in [-0.4, -0.2) is 80.6 Å². The van der Waals surface area contributed by atoms with E-state index in [1.165, 1.54) is 0 Å². The molecule has 0 N–H and O–H groups in total. The fourth-order valence-electron chi connectivity index (χ4n) is 5.29. The molecule has 2 fully saturated rings. The maximum atomic E-state index is 12.7. The SMILES string of the molecule is Cc1c(-c2ccccc2)c(N2CC[C@H](N(C)C)C2)c2oc(N3CCC3C(=O)N(C)C)nc2c1C#N. The molecule has 1 amide bonds. The van der Waals surface area contributed by atoms with Crippen molar-refractivity contribution in [3.05, 3.63) is 41.5 Å². The van der Waals surface area contributed by atoms with Gasteiger partial charge in [0.1, 0.15) is 17.6 Å². The third-order valence-corrected chi connectivity index (χ3v) is 7.43. The number of likely N-dealkylation sites (N-methyl/N-ethyl adjacent to an activating group) is 2. The Kier molecular flexibility index (Phi) is 5.89. The molecule has 8 heteroatoms. The summed E-state index contributed by atoms with van der Waals surface area (Å²) in [6, 6.07) is 13.2. The summed E-state index contributed by atoms with van der Waals surface area (Å²) in [5.74, 6) is 0.0359. The third-order valence-electron chi connectivity index (χ3n) is 7.43. The lowest BCUT2D eigenvalue weighted by atomic mass is 9.93. The van der Waals surface area contributed by atoms with Gasteiger partial charge in [-0.1, -0.05) is 30.3 Å². The van der Waals surface area contributed by atoms with E-state index in [-0.39, 0.29) is 11.9 Å². The Morgan fingerprint density at radius 3 is 2.46 bits per heavy atom. The molecular formula is C27H32N6O2. The number of fused-ring (bicyclic) bond motifs is 1. The van der Waals surface area contributed by atoms with Crippen LogP contribution in [0.5, 0.6) is 0 Å². The number of anilines is 2. The summed E-state index contributed by atoms with van der Waals surface area (Å²) in [4.78, 5) is 25.6. The molecule has 0 spiro atoms. The first-order valence-corrected chi connectivity index (χ1v) is 12.1. The minimum Gasteiger partial charge on any atom is -0.421 e. The molecule has 35 heavy (non-hydrogen) atoms. The van der Waals surface area contributed by atoms with Gasteiger partial charge < -0.3 is 24.0 Å². The van der Waals surface area contributed by atoms with E-state index < -0.39 is 0 Å². The second-order valence-electron chi connectivity index (χ2n) is 9.96. The van der Waals surface area contributed by atoms with Crippen LogP contribution in [0.25, 0.3) is 22.2 Å². The average Bonchev–Trinajstić information content (AvgIpc) is 3.46. The molecule has 2 aliphatic rings. The van der Waals surface area contributed by atoms with Crippen LogP contribution >= 0.6 is 0 Å². The predicted molar refractivity (Wildman–Crippen MR) is 138 cm³/mol. The van der Waals surface area contributed by atoms with Crippen molar-refractivity contribution in [1.29, 1.82) is 5.26 Å². The minimum atomic E-state index is -0.286. The first-order chi connectivity index (χ1) is 16.8. The zero-order valence-electron chi connectivity index (χ0n) is 21.1. The predicted octanol–water partition coefficient (Wildman–Crippen LogP) is 3.48. The standard InChI is InChI=1S/C27H32N6O2/c1-17-20(15-28)23-25(35-27(29-23)33-14-12-21(33)26(34)31(4)5)24(22(17)18-9-7-6-8-10-18)32-13-11-19(16-32)30(2)3/h6-10,19,21H,11-14,16H2,1-5H3/t19-,21?/m0/s1. The normalized spacial score (nSPS) is 19.8. The summed E-state index contributed by atoms with van der Waals surface area (Å²) < 4.78 is 6.47. The highest BCUT2D eigenvalue weighted by atomic mass is 16.4. The maximum absolute atomic E-state index is 12.7. The number of oxazole rings is 1. The molecule has 2 aromatic carbocycles. The van der Waals surface area contributed by atoms with Crippen molar-refractivity contribution in [2.24, 2.45) is 0 Å². The summed E-state index contributed by atoms with van der Waals surface area (Å²) in [5, 5.41) is 10.2. The highest BCUT2D eigenvalue weighted by molar-refractivity contribution is 6.03. The summed E-state index contributed by atoms with van der Waals surface area (Å²) in [7, 11) is 7.76. The smallest absolute Gasteiger partial charge is 0.299 e. The van der Waals surface area contributed by atoms with Gasteiger partial charge in [0, 0.05) is 45.3 Å². The van der Waals surface area contributed by atoms with Gasteiger partial charge in [0.25, 0.3) is 6.01 Å². The number of aromatic nitrogens is 1. The van der Waals surface area contributed by atoms with Crippen molar-refractivity contribution >= 4 is 28.7 Å². The number of amides is 1. The summed E-state index contributed by atoms with van der Waals surface area (Å²) in [6.45, 7) is 4.46. The molecule has 0 saturated carbocycles. The Balaban J connectivity index is 1.72. The highest BCUT2D eigenvalue weighted by Gasteiger charge is 2.39. The fourth-order valence-corrected chi connectivity index (χ4v) is 5.29. The summed E-state index contributed by atoms with van der Waals surface area (Å²) in [5.41, 5.74) is 5.68. The fraction of sp³-hybridized carbons (Fsp3) is 0.444. The van der Waals surface area contributed by atoms with E-state index in [0.29, 0.717) is 35.3 Å². The van der Waals surface area contributed by atoms with E-state index >= 15 is 0 Å². The van der Waals surface area contributed by atoms with Gasteiger partial charge in [-0.05, 0) is 45.0 Å². The first-order valence-electron chi connectivity index (χ1n) is 12.1. The Morgan fingerprint density at radius 1 is 1.14 bits per heavy atom. The second-order valence-corrected chi connectivity index (χ2v) is 9.96. The van der Waals surface area contributed by atoms with Crippen LogP contribution in [0.1, 0.15) is 24.0 Å². The zero-order chi connectivity index (χ0) is 24.9. The monoisotopic (exact) mass is 472 g/mol. The molecule has 0 bridgehead atoms. The first kappa shape index (κ1) is 23.2. The molecule has 1 unspecified atom stereocenters. The highest BCUT2D eigenvalue weighted by Crippen LogP contribution is 2.45. The molecular weight excluding hydrogens is 440 g/mol. The van der Waals surface area contributed by atoms with Crippen molar-refractivity contribution in [3.63, 3.8) is 0 Å². The quantitative estimate of drug-likeness (QED) is 0.562. The van der Waals surface area contributed by atoms with Gasteiger partial charge >= 0.3 is 0 Å². The number of benzene rings is 2. The number of nitriles is 1. The molecule has 3 aromatic rings. The molecule has 2 saturated heterocycles. The van der Waals surface area contributed by atoms with Crippen LogP contribution in [0.15, 0.2) is 34.7 Å². The molecule has 5 rings (SSSR count). The van der Waals surface area contributed by atoms with Crippen molar-refractivity contribution < 1.29 is 9.21 Å². The second kappa shape index (κ2) is 8.90. The molecule has 2 atom stereocenters. The van der Waals surface area contributed by atoms with Crippen molar-refractivity contribution in [2.45, 2.75) is 31.8 Å². The van der Waals surface area contributed by atoms with Gasteiger partial charge in [0.05, 0.1) is 11.3 Å². The van der Waals surface area contributed by atoms with Crippen LogP contribution in [0.4, 0.5) is 11.7 Å². The van der Waals surface area contributed by atoms with E-state index in [1.54, 1.807) is 19.0 Å². The number of hydrogen-bond acceptors (Lipinski definition) is 7. The Morgan fingerprint density at radius 2 is 1.89 bits per heavy atom. The molecule has 2 aliphatic heterocycles. The van der Waals surface area contributed by atoms with Crippen molar-refractivity contribution in [3.8, 4) is 17.2 Å². The van der Waals surface area contributed by atoms with Gasteiger partial charge in [-0.3, -0.25) is 4.79 Å². The Labute approximate surface area is 206 Å². The van der Waals surface area contributed by atoms with Gasteiger partial charge in [-0.15, -0.1) is 0 Å². The van der Waals surface area contributed by atoms with Crippen molar-refractivity contribution in [2.75, 3.05) is 57.6 Å². The number of rotatable bonds is 5. The minimum absolute atomic E-state index is 0.0359. The largest absolute Gasteiger partial charge is 0.421 e. The number of hydrogen-bond donors (Lipinski definition) is 0. The Bertz CT molecular complexity index is 1310. The number of carbonyl (C=O) groups is 1. The van der Waals surface area contributed by atoms with Crippen LogP contribution < -0.4 is 9.80 Å². The third kappa shape index (κ3) is 3.80. The van der Waals surface area contributed by atoms with Crippen LogP contribution in [0.2, 0.25) is 0 Å². The van der Waals surface area contributed by atoms with Gasteiger partial charge in [0.2, 0.25) is 5.91 Å². The average molecular weight is 473 g/mol. The van der Waals surface area contributed by atoms with Crippen LogP contribution in [0, 0.1) is 18.3 Å². The summed E-state index contributed by atoms with van der Waals surface area (Å²) in [6.07, 6.45) is 1.81. The molecule has 0 radical (unpaired) electrons. The van der Waals surface area contributed by atoms with Crippen LogP contribution in [-0.2, 0) is 4.79 Å². The van der Waals surface area contributed by atoms with Crippen LogP contribution in [0.3, 0.4) is 0 Å². The van der Waals surface area contributed by atoms with Gasteiger partial charge in [0.15, 0.2) is 5.58 Å². The van der Waals surface area contributed by atoms with Gasteiger partial charge in [-0.2, -0.15) is 10.2 Å². The molecule has 8 nitrogen and oxygen atoms in total. The topological polar surface area (TPSA) is 79.8 Å². The van der Waals surface area contributed by atoms with E-state index in [9.17, 15) is 10.1 Å². The molecule has 3 heterocycles. The van der Waals surface area contributed by atoms with E-state index in [0.717, 1.165) is 48.3 Å². The van der Waals surface area contributed by atoms with Crippen molar-refractivity contribution in [1.82, 2.24) is 14.8 Å². The lowest BCUT2D eigenvalue weighted by Crippen LogP contribution is -2.56. The molecule has 182 valence electrons. The van der Waals surface area contributed by atoms with Gasteiger partial charge in [-0.25, -0.2) is 0 Å². The number of carbonyl (C=O) groups excluding carboxylic acids is 1. The maximum Gasteiger partial charge on any atom is 0.299 e. The Hall–Kier alpha value is -3.57.